The molecule has 0 aliphatic heterocycles. The molecule has 0 bridgehead atoms. The second-order valence-corrected chi connectivity index (χ2v) is 4.02. The summed E-state index contributed by atoms with van der Waals surface area (Å²) in [5.74, 6) is 0.905. The van der Waals surface area contributed by atoms with Gasteiger partial charge in [0.05, 0.1) is 23.3 Å². The van der Waals surface area contributed by atoms with Gasteiger partial charge in [0.25, 0.3) is 0 Å². The molecule has 0 aliphatic rings. The van der Waals surface area contributed by atoms with Crippen molar-refractivity contribution in [3.05, 3.63) is 54.1 Å². The van der Waals surface area contributed by atoms with E-state index < -0.39 is 0 Å². The normalized spacial score (nSPS) is 10.4. The lowest BCUT2D eigenvalue weighted by molar-refractivity contribution is 1.00. The first kappa shape index (κ1) is 10.5. The molecule has 3 rings (SSSR count). The number of nitriles is 1. The average molecular weight is 234 g/mol. The van der Waals surface area contributed by atoms with E-state index in [1.54, 1.807) is 12.4 Å². The molecule has 0 saturated carbocycles. The van der Waals surface area contributed by atoms with Crippen LogP contribution in [-0.4, -0.2) is 14.5 Å². The topological polar surface area (TPSA) is 54.5 Å². The Morgan fingerprint density at radius 2 is 1.94 bits per heavy atom. The van der Waals surface area contributed by atoms with Crippen LogP contribution < -0.4 is 0 Å². The first-order chi connectivity index (χ1) is 8.79. The summed E-state index contributed by atoms with van der Waals surface area (Å²) in [5, 5.41) is 8.81. The van der Waals surface area contributed by atoms with Crippen molar-refractivity contribution in [1.82, 2.24) is 14.5 Å². The van der Waals surface area contributed by atoms with Gasteiger partial charge in [0.2, 0.25) is 0 Å². The summed E-state index contributed by atoms with van der Waals surface area (Å²) in [6.07, 6.45) is 3.51. The van der Waals surface area contributed by atoms with E-state index >= 15 is 0 Å². The van der Waals surface area contributed by atoms with E-state index in [2.05, 4.69) is 20.6 Å². The van der Waals surface area contributed by atoms with Gasteiger partial charge in [-0.05, 0) is 37.3 Å². The predicted octanol–water partition coefficient (Wildman–Crippen LogP) is 2.60. The van der Waals surface area contributed by atoms with Crippen LogP contribution in [0.5, 0.6) is 0 Å². The summed E-state index contributed by atoms with van der Waals surface area (Å²) < 4.78 is 2.05. The molecule has 4 nitrogen and oxygen atoms in total. The van der Waals surface area contributed by atoms with E-state index in [0.717, 1.165) is 22.5 Å². The van der Waals surface area contributed by atoms with Gasteiger partial charge in [-0.1, -0.05) is 0 Å². The van der Waals surface area contributed by atoms with Crippen molar-refractivity contribution in [3.8, 4) is 11.8 Å². The van der Waals surface area contributed by atoms with E-state index in [1.165, 1.54) is 0 Å². The largest absolute Gasteiger partial charge is 0.296 e. The Labute approximate surface area is 104 Å². The van der Waals surface area contributed by atoms with Crippen LogP contribution in [0.15, 0.2) is 42.7 Å². The minimum absolute atomic E-state index is 0.655. The fourth-order valence-electron chi connectivity index (χ4n) is 2.06. The Morgan fingerprint density at radius 1 is 1.17 bits per heavy atom. The first-order valence-electron chi connectivity index (χ1n) is 5.59. The minimum atomic E-state index is 0.655. The Balaban J connectivity index is 2.24. The zero-order valence-corrected chi connectivity index (χ0v) is 9.83. The molecule has 18 heavy (non-hydrogen) atoms. The highest BCUT2D eigenvalue weighted by Gasteiger charge is 2.08. The Kier molecular flexibility index (Phi) is 2.31. The highest BCUT2D eigenvalue weighted by atomic mass is 15.1. The molecule has 0 atom stereocenters. The monoisotopic (exact) mass is 234 g/mol. The number of aromatic nitrogens is 3. The van der Waals surface area contributed by atoms with Crippen LogP contribution in [0.25, 0.3) is 16.7 Å². The van der Waals surface area contributed by atoms with Crippen molar-refractivity contribution in [2.24, 2.45) is 0 Å². The lowest BCUT2D eigenvalue weighted by Crippen LogP contribution is -1.96. The smallest absolute Gasteiger partial charge is 0.111 e. The third-order valence-electron chi connectivity index (χ3n) is 2.88. The molecule has 2 aromatic heterocycles. The third-order valence-corrected chi connectivity index (χ3v) is 2.88. The fraction of sp³-hybridized carbons (Fsp3) is 0.0714. The summed E-state index contributed by atoms with van der Waals surface area (Å²) in [7, 11) is 0. The lowest BCUT2D eigenvalue weighted by atomic mass is 10.2. The van der Waals surface area contributed by atoms with Crippen molar-refractivity contribution < 1.29 is 0 Å². The number of rotatable bonds is 1. The van der Waals surface area contributed by atoms with Crippen LogP contribution in [0.3, 0.4) is 0 Å². The number of nitrogens with zero attached hydrogens (tertiary/aromatic N) is 4. The zero-order chi connectivity index (χ0) is 12.5. The van der Waals surface area contributed by atoms with Gasteiger partial charge in [-0.2, -0.15) is 5.26 Å². The van der Waals surface area contributed by atoms with Gasteiger partial charge in [-0.3, -0.25) is 9.55 Å². The number of aryl methyl sites for hydroxylation is 1. The number of hydrogen-bond acceptors (Lipinski definition) is 3. The van der Waals surface area contributed by atoms with Gasteiger partial charge in [0, 0.05) is 11.9 Å². The molecule has 0 unspecified atom stereocenters. The maximum absolute atomic E-state index is 8.81. The van der Waals surface area contributed by atoms with Crippen molar-refractivity contribution in [2.75, 3.05) is 0 Å². The lowest BCUT2D eigenvalue weighted by Gasteiger charge is -2.06. The van der Waals surface area contributed by atoms with Crippen LogP contribution in [0.4, 0.5) is 0 Å². The fourth-order valence-corrected chi connectivity index (χ4v) is 2.06. The van der Waals surface area contributed by atoms with Gasteiger partial charge in [0.15, 0.2) is 0 Å². The number of fused-ring (bicyclic) bond motifs is 1. The molecular formula is C14H10N4. The predicted molar refractivity (Wildman–Crippen MR) is 68.3 cm³/mol. The highest BCUT2D eigenvalue weighted by Crippen LogP contribution is 2.20. The molecule has 0 fully saturated rings. The van der Waals surface area contributed by atoms with E-state index in [0.29, 0.717) is 5.56 Å². The van der Waals surface area contributed by atoms with Crippen molar-refractivity contribution in [3.63, 3.8) is 0 Å². The van der Waals surface area contributed by atoms with Gasteiger partial charge >= 0.3 is 0 Å². The van der Waals surface area contributed by atoms with Crippen molar-refractivity contribution in [2.45, 2.75) is 6.92 Å². The van der Waals surface area contributed by atoms with Crippen LogP contribution in [0.2, 0.25) is 0 Å². The molecule has 4 heteroatoms. The molecule has 2 heterocycles. The Morgan fingerprint density at radius 3 is 2.67 bits per heavy atom. The van der Waals surface area contributed by atoms with Crippen molar-refractivity contribution >= 4 is 11.0 Å². The number of imidazole rings is 1. The number of hydrogen-bond donors (Lipinski definition) is 0. The maximum Gasteiger partial charge on any atom is 0.111 e. The second kappa shape index (κ2) is 3.97. The van der Waals surface area contributed by atoms with Crippen LogP contribution in [0, 0.1) is 18.3 Å². The van der Waals surface area contributed by atoms with E-state index in [9.17, 15) is 0 Å². The van der Waals surface area contributed by atoms with Crippen molar-refractivity contribution in [1.29, 1.82) is 5.26 Å². The summed E-state index contributed by atoms with van der Waals surface area (Å²) in [6.45, 7) is 1.96. The third kappa shape index (κ3) is 1.54. The van der Waals surface area contributed by atoms with E-state index in [4.69, 9.17) is 5.26 Å². The second-order valence-electron chi connectivity index (χ2n) is 4.02. The standard InChI is InChI=1S/C14H10N4/c1-10-17-13-9-16-7-6-14(13)18(10)12-4-2-11(8-15)3-5-12/h2-7,9H,1H3. The SMILES string of the molecule is Cc1nc2cnccc2n1-c1ccc(C#N)cc1. The molecule has 86 valence electrons. The van der Waals surface area contributed by atoms with Gasteiger partial charge in [0.1, 0.15) is 11.3 Å². The van der Waals surface area contributed by atoms with E-state index in [1.807, 2.05) is 37.3 Å². The number of benzene rings is 1. The Hall–Kier alpha value is -2.67. The van der Waals surface area contributed by atoms with Crippen LogP contribution in [0.1, 0.15) is 11.4 Å². The summed E-state index contributed by atoms with van der Waals surface area (Å²) >= 11 is 0. The van der Waals surface area contributed by atoms with Gasteiger partial charge < -0.3 is 0 Å². The summed E-state index contributed by atoms with van der Waals surface area (Å²) in [4.78, 5) is 8.54. The maximum atomic E-state index is 8.81. The minimum Gasteiger partial charge on any atom is -0.296 e. The van der Waals surface area contributed by atoms with Gasteiger partial charge in [-0.25, -0.2) is 4.98 Å². The molecule has 0 saturated heterocycles. The molecule has 0 spiro atoms. The van der Waals surface area contributed by atoms with Crippen LogP contribution >= 0.6 is 0 Å². The average Bonchev–Trinajstić information content (AvgIpc) is 2.75. The quantitative estimate of drug-likeness (QED) is 0.650. The molecule has 0 N–H and O–H groups in total. The van der Waals surface area contributed by atoms with Gasteiger partial charge in [-0.15, -0.1) is 0 Å². The molecule has 1 aromatic carbocycles. The van der Waals surface area contributed by atoms with E-state index in [-0.39, 0.29) is 0 Å². The zero-order valence-electron chi connectivity index (χ0n) is 9.83. The number of pyridine rings is 1. The van der Waals surface area contributed by atoms with Crippen LogP contribution in [-0.2, 0) is 0 Å². The molecular weight excluding hydrogens is 224 g/mol. The highest BCUT2D eigenvalue weighted by molar-refractivity contribution is 5.77. The molecule has 0 aliphatic carbocycles. The Bertz CT molecular complexity index is 748. The molecule has 0 radical (unpaired) electrons. The summed E-state index contributed by atoms with van der Waals surface area (Å²) in [5.41, 5.74) is 3.55. The molecule has 0 amide bonds. The molecule has 3 aromatic rings. The summed E-state index contributed by atoms with van der Waals surface area (Å²) in [6, 6.07) is 11.5. The first-order valence-corrected chi connectivity index (χ1v) is 5.59.